The Morgan fingerprint density at radius 1 is 0.783 bits per heavy atom. The van der Waals surface area contributed by atoms with E-state index in [1.165, 1.54) is 7.11 Å². The summed E-state index contributed by atoms with van der Waals surface area (Å²) in [5.74, 6) is -2.06. The van der Waals surface area contributed by atoms with Crippen molar-refractivity contribution in [3.8, 4) is 0 Å². The number of alkyl carbamates (subject to hydrolysis) is 1. The number of hydrogen-bond donors (Lipinski definition) is 5. The minimum atomic E-state index is -0.824. The molecule has 46 heavy (non-hydrogen) atoms. The smallest absolute Gasteiger partial charge is 0.407 e. The molecule has 1 aliphatic heterocycles. The summed E-state index contributed by atoms with van der Waals surface area (Å²) < 4.78 is 26.2. The SMILES string of the molecule is CCC(CO)OC(COC(=O)NCCC(=O)NCCNC(=O)CCOCCOCCNC(=O)CCN1C(=O)C(C)C(C)C1=O)OC. The molecule has 6 amide bonds. The number of carbonyl (C=O) groups excluding carboxylic acids is 6. The summed E-state index contributed by atoms with van der Waals surface area (Å²) in [6, 6.07) is 0. The van der Waals surface area contributed by atoms with Crippen molar-refractivity contribution in [3.63, 3.8) is 0 Å². The van der Waals surface area contributed by atoms with Crippen LogP contribution in [-0.4, -0.2) is 138 Å². The fraction of sp³-hybridized carbons (Fsp3) is 0.793. The van der Waals surface area contributed by atoms with Gasteiger partial charge in [-0.15, -0.1) is 0 Å². The molecule has 0 bridgehead atoms. The highest BCUT2D eigenvalue weighted by Crippen LogP contribution is 2.25. The number of imide groups is 1. The molecule has 17 heteroatoms. The molecule has 1 rings (SSSR count). The summed E-state index contributed by atoms with van der Waals surface area (Å²) in [6.45, 7) is 6.68. The first-order valence-corrected chi connectivity index (χ1v) is 15.5. The van der Waals surface area contributed by atoms with Gasteiger partial charge in [-0.05, 0) is 6.42 Å². The number of likely N-dealkylation sites (tertiary alicyclic amines) is 1. The number of methoxy groups -OCH3 is 1. The monoisotopic (exact) mass is 661 g/mol. The van der Waals surface area contributed by atoms with E-state index < -0.39 is 18.5 Å². The van der Waals surface area contributed by atoms with Gasteiger partial charge in [0.1, 0.15) is 6.61 Å². The van der Waals surface area contributed by atoms with Crippen LogP contribution in [0.3, 0.4) is 0 Å². The lowest BCUT2D eigenvalue weighted by Crippen LogP contribution is -2.37. The van der Waals surface area contributed by atoms with Gasteiger partial charge in [-0.3, -0.25) is 28.9 Å². The third-order valence-electron chi connectivity index (χ3n) is 7.04. The van der Waals surface area contributed by atoms with Crippen LogP contribution < -0.4 is 21.3 Å². The van der Waals surface area contributed by atoms with Gasteiger partial charge >= 0.3 is 6.09 Å². The molecule has 0 spiro atoms. The van der Waals surface area contributed by atoms with Gasteiger partial charge < -0.3 is 50.1 Å². The maximum atomic E-state index is 12.1. The van der Waals surface area contributed by atoms with E-state index in [4.69, 9.17) is 28.8 Å². The Balaban J connectivity index is 1.95. The Kier molecular flexibility index (Phi) is 21.1. The molecule has 0 radical (unpaired) electrons. The summed E-state index contributed by atoms with van der Waals surface area (Å²) in [7, 11) is 1.39. The predicted molar refractivity (Wildman–Crippen MR) is 162 cm³/mol. The number of hydrogen-bond acceptors (Lipinski definition) is 12. The van der Waals surface area contributed by atoms with E-state index in [0.29, 0.717) is 6.42 Å². The highest BCUT2D eigenvalue weighted by Gasteiger charge is 2.41. The zero-order valence-electron chi connectivity index (χ0n) is 27.3. The molecule has 1 aliphatic rings. The Hall–Kier alpha value is -3.38. The van der Waals surface area contributed by atoms with Gasteiger partial charge in [0.2, 0.25) is 29.5 Å². The number of nitrogens with one attached hydrogen (secondary N) is 4. The molecule has 4 atom stereocenters. The lowest BCUT2D eigenvalue weighted by molar-refractivity contribution is -0.181. The van der Waals surface area contributed by atoms with Gasteiger partial charge in [-0.25, -0.2) is 4.79 Å². The van der Waals surface area contributed by atoms with Crippen LogP contribution in [0.25, 0.3) is 0 Å². The van der Waals surface area contributed by atoms with Crippen molar-refractivity contribution in [3.05, 3.63) is 0 Å². The lowest BCUT2D eigenvalue weighted by atomic mass is 10.00. The lowest BCUT2D eigenvalue weighted by Gasteiger charge is -2.21. The van der Waals surface area contributed by atoms with Crippen LogP contribution in [-0.2, 0) is 47.7 Å². The van der Waals surface area contributed by atoms with E-state index in [9.17, 15) is 28.8 Å². The van der Waals surface area contributed by atoms with E-state index in [1.54, 1.807) is 13.8 Å². The van der Waals surface area contributed by atoms with Crippen molar-refractivity contribution < 1.29 is 57.6 Å². The van der Waals surface area contributed by atoms with Crippen LogP contribution in [0.15, 0.2) is 0 Å². The van der Waals surface area contributed by atoms with Gasteiger partial charge in [0.25, 0.3) is 0 Å². The van der Waals surface area contributed by atoms with E-state index in [2.05, 4.69) is 21.3 Å². The largest absolute Gasteiger partial charge is 0.444 e. The molecule has 0 saturated carbocycles. The summed E-state index contributed by atoms with van der Waals surface area (Å²) in [4.78, 5) is 72.8. The molecule has 0 aromatic rings. The molecule has 4 unspecified atom stereocenters. The van der Waals surface area contributed by atoms with Crippen molar-refractivity contribution in [2.45, 2.75) is 58.8 Å². The van der Waals surface area contributed by atoms with Gasteiger partial charge in [0.05, 0.1) is 39.1 Å². The number of aliphatic hydroxyl groups is 1. The average molecular weight is 662 g/mol. The maximum Gasteiger partial charge on any atom is 0.407 e. The first-order valence-electron chi connectivity index (χ1n) is 15.5. The van der Waals surface area contributed by atoms with Crippen LogP contribution in [0.5, 0.6) is 0 Å². The Morgan fingerprint density at radius 2 is 1.35 bits per heavy atom. The zero-order chi connectivity index (χ0) is 34.3. The maximum absolute atomic E-state index is 12.1. The minimum absolute atomic E-state index is 0.0137. The van der Waals surface area contributed by atoms with E-state index in [0.717, 1.165) is 4.90 Å². The van der Waals surface area contributed by atoms with Crippen LogP contribution in [0.2, 0.25) is 0 Å². The minimum Gasteiger partial charge on any atom is -0.444 e. The molecule has 5 N–H and O–H groups in total. The third kappa shape index (κ3) is 16.8. The molecule has 17 nitrogen and oxygen atoms in total. The Labute approximate surface area is 269 Å². The highest BCUT2D eigenvalue weighted by atomic mass is 16.7. The van der Waals surface area contributed by atoms with Crippen LogP contribution in [0.1, 0.15) is 46.5 Å². The predicted octanol–water partition coefficient (Wildman–Crippen LogP) is -1.33. The van der Waals surface area contributed by atoms with Crippen molar-refractivity contribution in [2.75, 3.05) is 79.5 Å². The standard InChI is InChI=1S/C29H51N5O12/c1-5-22(18-35)46-26(42-4)19-45-29(41)33-9-6-23(36)30-10-11-31-25(38)8-14-43-16-17-44-15-12-32-24(37)7-13-34-27(39)20(2)21(3)28(34)40/h20-22,26,35H,5-19H2,1-4H3,(H,30,36)(H,31,38)(H,32,37)(H,33,41). The normalized spacial score (nSPS) is 17.4. The molecule has 1 saturated heterocycles. The summed E-state index contributed by atoms with van der Waals surface area (Å²) in [5, 5.41) is 19.6. The van der Waals surface area contributed by atoms with Gasteiger partial charge in [0.15, 0.2) is 6.29 Å². The first kappa shape index (κ1) is 40.6. The van der Waals surface area contributed by atoms with Gasteiger partial charge in [-0.2, -0.15) is 0 Å². The quantitative estimate of drug-likeness (QED) is 0.0436. The van der Waals surface area contributed by atoms with Gasteiger partial charge in [-0.1, -0.05) is 20.8 Å². The number of carbonyl (C=O) groups is 6. The van der Waals surface area contributed by atoms with E-state index >= 15 is 0 Å². The van der Waals surface area contributed by atoms with Crippen molar-refractivity contribution in [2.24, 2.45) is 11.8 Å². The first-order chi connectivity index (χ1) is 22.0. The van der Waals surface area contributed by atoms with Crippen LogP contribution in [0, 0.1) is 11.8 Å². The second kappa shape index (κ2) is 23.9. The summed E-state index contributed by atoms with van der Waals surface area (Å²) in [6.07, 6.45) is -1.25. The zero-order valence-corrected chi connectivity index (χ0v) is 27.3. The molecule has 1 heterocycles. The molecular weight excluding hydrogens is 610 g/mol. The van der Waals surface area contributed by atoms with Crippen molar-refractivity contribution >= 4 is 35.6 Å². The Bertz CT molecular complexity index is 945. The highest BCUT2D eigenvalue weighted by molar-refractivity contribution is 6.04. The van der Waals surface area contributed by atoms with E-state index in [-0.39, 0.29) is 133 Å². The molecule has 0 aromatic heterocycles. The summed E-state index contributed by atoms with van der Waals surface area (Å²) in [5.41, 5.74) is 0. The number of aliphatic hydroxyl groups excluding tert-OH is 1. The molecular formula is C29H51N5O12. The second-order valence-corrected chi connectivity index (χ2v) is 10.5. The topological polar surface area (TPSA) is 220 Å². The third-order valence-corrected chi connectivity index (χ3v) is 7.04. The Morgan fingerprint density at radius 3 is 1.93 bits per heavy atom. The van der Waals surface area contributed by atoms with Gasteiger partial charge in [0, 0.05) is 70.9 Å². The molecule has 1 fully saturated rings. The fourth-order valence-electron chi connectivity index (χ4n) is 4.00. The molecule has 0 aromatic carbocycles. The van der Waals surface area contributed by atoms with Crippen LogP contribution >= 0.6 is 0 Å². The second-order valence-electron chi connectivity index (χ2n) is 10.5. The average Bonchev–Trinajstić information content (AvgIpc) is 3.22. The van der Waals surface area contributed by atoms with Crippen molar-refractivity contribution in [1.82, 2.24) is 26.2 Å². The number of rotatable bonds is 25. The summed E-state index contributed by atoms with van der Waals surface area (Å²) >= 11 is 0. The van der Waals surface area contributed by atoms with E-state index in [1.807, 2.05) is 6.92 Å². The number of amides is 6. The van der Waals surface area contributed by atoms with Crippen LogP contribution in [0.4, 0.5) is 4.79 Å². The molecule has 0 aliphatic carbocycles. The van der Waals surface area contributed by atoms with Crippen molar-refractivity contribution in [1.29, 1.82) is 0 Å². The number of nitrogens with zero attached hydrogens (tertiary/aromatic N) is 1. The molecule has 264 valence electrons. The number of ether oxygens (including phenoxy) is 5. The fourth-order valence-corrected chi connectivity index (χ4v) is 4.00.